The van der Waals surface area contributed by atoms with Crippen LogP contribution in [0.1, 0.15) is 69.9 Å². The molecule has 5 unspecified atom stereocenters. The lowest BCUT2D eigenvalue weighted by atomic mass is 9.44. The lowest BCUT2D eigenvalue weighted by molar-refractivity contribution is -0.0437. The zero-order chi connectivity index (χ0) is 14.3. The Morgan fingerprint density at radius 2 is 1.90 bits per heavy atom. The summed E-state index contributed by atoms with van der Waals surface area (Å²) in [4.78, 5) is 0. The summed E-state index contributed by atoms with van der Waals surface area (Å²) in [5.41, 5.74) is 3.70. The van der Waals surface area contributed by atoms with Gasteiger partial charge in [-0.25, -0.2) is 0 Å². The normalized spacial score (nSPS) is 38.8. The molecule has 5 atom stereocenters. The summed E-state index contributed by atoms with van der Waals surface area (Å²) < 4.78 is 0. The molecule has 0 heterocycles. The Labute approximate surface area is 124 Å². The van der Waals surface area contributed by atoms with Gasteiger partial charge in [-0.2, -0.15) is 0 Å². The van der Waals surface area contributed by atoms with Gasteiger partial charge in [-0.05, 0) is 60.1 Å². The molecule has 1 aromatic carbocycles. The summed E-state index contributed by atoms with van der Waals surface area (Å²) in [7, 11) is 0. The van der Waals surface area contributed by atoms with Crippen LogP contribution in [0.5, 0.6) is 0 Å². The molecule has 110 valence electrons. The summed E-state index contributed by atoms with van der Waals surface area (Å²) >= 11 is 0. The molecule has 0 aromatic heterocycles. The van der Waals surface area contributed by atoms with Crippen molar-refractivity contribution in [2.75, 3.05) is 6.54 Å². The number of hydrogen-bond donors (Lipinski definition) is 1. The third kappa shape index (κ3) is 1.86. The minimum atomic E-state index is 0.441. The quantitative estimate of drug-likeness (QED) is 0.837. The fourth-order valence-corrected chi connectivity index (χ4v) is 5.01. The third-order valence-corrected chi connectivity index (χ3v) is 6.14. The molecule has 1 nitrogen and oxygen atoms in total. The first-order valence-corrected chi connectivity index (χ1v) is 8.45. The van der Waals surface area contributed by atoms with E-state index in [2.05, 4.69) is 57.3 Å². The maximum absolute atomic E-state index is 3.86. The predicted octanol–water partition coefficient (Wildman–Crippen LogP) is 4.69. The molecule has 0 radical (unpaired) electrons. The van der Waals surface area contributed by atoms with E-state index < -0.39 is 0 Å². The van der Waals surface area contributed by atoms with Crippen molar-refractivity contribution in [3.8, 4) is 0 Å². The largest absolute Gasteiger partial charge is 0.313 e. The first kappa shape index (κ1) is 14.1. The first-order chi connectivity index (χ1) is 9.63. The van der Waals surface area contributed by atoms with Crippen molar-refractivity contribution in [1.82, 2.24) is 5.32 Å². The maximum atomic E-state index is 3.86. The topological polar surface area (TPSA) is 12.0 Å². The van der Waals surface area contributed by atoms with Crippen molar-refractivity contribution < 1.29 is 0 Å². The molecule has 0 saturated heterocycles. The van der Waals surface area contributed by atoms with Crippen LogP contribution in [-0.2, 0) is 0 Å². The fourth-order valence-electron chi connectivity index (χ4n) is 5.01. The number of fused-ring (bicyclic) bond motifs is 3. The highest BCUT2D eigenvalue weighted by Gasteiger charge is 2.59. The molecule has 1 heteroatoms. The van der Waals surface area contributed by atoms with E-state index in [1.54, 1.807) is 11.1 Å². The highest BCUT2D eigenvalue weighted by atomic mass is 15.0. The van der Waals surface area contributed by atoms with Gasteiger partial charge in [-0.1, -0.05) is 52.0 Å². The molecule has 1 saturated carbocycles. The summed E-state index contributed by atoms with van der Waals surface area (Å²) in [5, 5.41) is 3.86. The molecule has 1 N–H and O–H groups in total. The molecule has 20 heavy (non-hydrogen) atoms. The summed E-state index contributed by atoms with van der Waals surface area (Å²) in [6, 6.07) is 9.92. The average Bonchev–Trinajstić information content (AvgIpc) is 2.47. The zero-order valence-corrected chi connectivity index (χ0v) is 13.4. The molecular weight excluding hydrogens is 242 g/mol. The number of rotatable bonds is 4. The van der Waals surface area contributed by atoms with Crippen molar-refractivity contribution in [2.24, 2.45) is 11.3 Å². The average molecular weight is 271 g/mol. The highest BCUT2D eigenvalue weighted by Crippen LogP contribution is 2.64. The number of hydrogen-bond acceptors (Lipinski definition) is 1. The van der Waals surface area contributed by atoms with Crippen molar-refractivity contribution in [3.63, 3.8) is 0 Å². The van der Waals surface area contributed by atoms with Crippen molar-refractivity contribution in [3.05, 3.63) is 35.4 Å². The molecule has 0 aliphatic heterocycles. The molecule has 0 bridgehead atoms. The lowest BCUT2D eigenvalue weighted by Crippen LogP contribution is -2.65. The fraction of sp³-hybridized carbons (Fsp3) is 0.684. The van der Waals surface area contributed by atoms with Gasteiger partial charge in [0, 0.05) is 6.04 Å². The third-order valence-electron chi connectivity index (χ3n) is 6.14. The van der Waals surface area contributed by atoms with Crippen LogP contribution in [0.2, 0.25) is 0 Å². The zero-order valence-electron chi connectivity index (χ0n) is 13.4. The van der Waals surface area contributed by atoms with Gasteiger partial charge in [0.05, 0.1) is 0 Å². The van der Waals surface area contributed by atoms with E-state index in [9.17, 15) is 0 Å². The van der Waals surface area contributed by atoms with E-state index in [1.165, 1.54) is 25.8 Å². The summed E-state index contributed by atoms with van der Waals surface area (Å²) in [6.45, 7) is 10.7. The first-order valence-electron chi connectivity index (χ1n) is 8.45. The Balaban J connectivity index is 1.95. The van der Waals surface area contributed by atoms with Crippen LogP contribution in [0.15, 0.2) is 24.3 Å². The van der Waals surface area contributed by atoms with E-state index in [4.69, 9.17) is 0 Å². The van der Waals surface area contributed by atoms with Gasteiger partial charge in [0.25, 0.3) is 0 Å². The molecule has 1 fully saturated rings. The molecule has 2 aliphatic rings. The molecule has 3 rings (SSSR count). The van der Waals surface area contributed by atoms with Crippen LogP contribution in [0, 0.1) is 11.3 Å². The maximum Gasteiger partial charge on any atom is 0.0161 e. The Morgan fingerprint density at radius 1 is 1.20 bits per heavy atom. The summed E-state index contributed by atoms with van der Waals surface area (Å²) in [6.07, 6.45) is 3.87. The van der Waals surface area contributed by atoms with Gasteiger partial charge in [0.1, 0.15) is 0 Å². The van der Waals surface area contributed by atoms with E-state index in [0.717, 1.165) is 17.8 Å². The second-order valence-corrected chi connectivity index (χ2v) is 7.20. The van der Waals surface area contributed by atoms with E-state index in [1.807, 2.05) is 0 Å². The van der Waals surface area contributed by atoms with Crippen LogP contribution in [0.3, 0.4) is 0 Å². The van der Waals surface area contributed by atoms with E-state index in [-0.39, 0.29) is 0 Å². The standard InChI is InChI=1S/C19H29N/c1-5-11-20-18-16-12-13(3)14-9-7-8-10-15(14)17(16)19(18,4)6-2/h7-10,13,16-18,20H,5-6,11-12H2,1-4H3. The van der Waals surface area contributed by atoms with Crippen molar-refractivity contribution in [2.45, 2.75) is 64.8 Å². The Kier molecular flexibility index (Phi) is 3.66. The van der Waals surface area contributed by atoms with Crippen LogP contribution in [0.4, 0.5) is 0 Å². The van der Waals surface area contributed by atoms with Gasteiger partial charge in [0.2, 0.25) is 0 Å². The van der Waals surface area contributed by atoms with Crippen LogP contribution in [-0.4, -0.2) is 12.6 Å². The van der Waals surface area contributed by atoms with Gasteiger partial charge < -0.3 is 5.32 Å². The highest BCUT2D eigenvalue weighted by molar-refractivity contribution is 5.42. The van der Waals surface area contributed by atoms with Gasteiger partial charge in [-0.3, -0.25) is 0 Å². The van der Waals surface area contributed by atoms with Crippen LogP contribution in [0.25, 0.3) is 0 Å². The van der Waals surface area contributed by atoms with E-state index in [0.29, 0.717) is 11.5 Å². The van der Waals surface area contributed by atoms with Gasteiger partial charge >= 0.3 is 0 Å². The van der Waals surface area contributed by atoms with Gasteiger partial charge in [-0.15, -0.1) is 0 Å². The SMILES string of the molecule is CCCNC1C2CC(C)c3ccccc3C2C1(C)CC. The monoisotopic (exact) mass is 271 g/mol. The smallest absolute Gasteiger partial charge is 0.0161 e. The number of benzene rings is 1. The van der Waals surface area contributed by atoms with Crippen molar-refractivity contribution in [1.29, 1.82) is 0 Å². The van der Waals surface area contributed by atoms with Crippen molar-refractivity contribution >= 4 is 0 Å². The lowest BCUT2D eigenvalue weighted by Gasteiger charge is -2.63. The molecule has 0 spiro atoms. The van der Waals surface area contributed by atoms with E-state index >= 15 is 0 Å². The van der Waals surface area contributed by atoms with Gasteiger partial charge in [0.15, 0.2) is 0 Å². The molecule has 1 aromatic rings. The Bertz CT molecular complexity index is 480. The predicted molar refractivity (Wildman–Crippen MR) is 86.2 cm³/mol. The molecular formula is C19H29N. The van der Waals surface area contributed by atoms with Crippen LogP contribution < -0.4 is 5.32 Å². The number of nitrogens with one attached hydrogen (secondary N) is 1. The molecule has 0 amide bonds. The minimum Gasteiger partial charge on any atom is -0.313 e. The summed E-state index contributed by atoms with van der Waals surface area (Å²) in [5.74, 6) is 2.34. The minimum absolute atomic E-state index is 0.441. The Morgan fingerprint density at radius 3 is 2.55 bits per heavy atom. The second kappa shape index (κ2) is 5.18. The van der Waals surface area contributed by atoms with Crippen LogP contribution >= 0.6 is 0 Å². The Hall–Kier alpha value is -0.820. The second-order valence-electron chi connectivity index (χ2n) is 7.20. The molecule has 2 aliphatic carbocycles.